The van der Waals surface area contributed by atoms with Crippen molar-refractivity contribution < 1.29 is 0 Å². The lowest BCUT2D eigenvalue weighted by atomic mass is 9.97. The summed E-state index contributed by atoms with van der Waals surface area (Å²) in [7, 11) is 0. The van der Waals surface area contributed by atoms with Gasteiger partial charge in [-0.05, 0) is 45.6 Å². The van der Waals surface area contributed by atoms with Crippen LogP contribution in [-0.2, 0) is 6.54 Å². The quantitative estimate of drug-likeness (QED) is 0.722. The Morgan fingerprint density at radius 1 is 1.00 bits per heavy atom. The van der Waals surface area contributed by atoms with Crippen LogP contribution >= 0.6 is 0 Å². The molecule has 3 aromatic heterocycles. The highest BCUT2D eigenvalue weighted by molar-refractivity contribution is 5.52. The van der Waals surface area contributed by atoms with Gasteiger partial charge in [0.25, 0.3) is 5.56 Å². The van der Waals surface area contributed by atoms with E-state index in [-0.39, 0.29) is 5.56 Å². The second-order valence-corrected chi connectivity index (χ2v) is 7.24. The molecule has 0 saturated carbocycles. The fourth-order valence-corrected chi connectivity index (χ4v) is 3.69. The standard InChI is InChI=1S/C19H24N6O/c1-13-4-5-19(26)24(21-13)12-16-6-8-23(9-7-16)18-11-14(2)20-17-10-15(3)22-25(17)18/h4-5,10-11,16H,6-9,12H2,1-3H3. The average molecular weight is 352 g/mol. The van der Waals surface area contributed by atoms with Crippen LogP contribution in [0.4, 0.5) is 5.82 Å². The van der Waals surface area contributed by atoms with Gasteiger partial charge in [-0.1, -0.05) is 0 Å². The predicted octanol–water partition coefficient (Wildman–Crippen LogP) is 2.13. The first-order valence-corrected chi connectivity index (χ1v) is 9.13. The summed E-state index contributed by atoms with van der Waals surface area (Å²) in [6.45, 7) is 8.52. The molecule has 0 radical (unpaired) electrons. The van der Waals surface area contributed by atoms with Crippen molar-refractivity contribution in [2.45, 2.75) is 40.2 Å². The molecule has 1 aliphatic heterocycles. The number of fused-ring (bicyclic) bond motifs is 1. The van der Waals surface area contributed by atoms with Gasteiger partial charge < -0.3 is 4.90 Å². The topological polar surface area (TPSA) is 68.3 Å². The van der Waals surface area contributed by atoms with E-state index in [4.69, 9.17) is 0 Å². The molecular weight excluding hydrogens is 328 g/mol. The molecule has 26 heavy (non-hydrogen) atoms. The van der Waals surface area contributed by atoms with E-state index in [2.05, 4.69) is 26.1 Å². The molecule has 4 rings (SSSR count). The van der Waals surface area contributed by atoms with Gasteiger partial charge in [0.15, 0.2) is 5.65 Å². The Hall–Kier alpha value is -2.70. The zero-order valence-corrected chi connectivity index (χ0v) is 15.5. The molecule has 0 atom stereocenters. The van der Waals surface area contributed by atoms with Gasteiger partial charge in [0.2, 0.25) is 0 Å². The maximum atomic E-state index is 12.0. The second kappa shape index (κ2) is 6.55. The van der Waals surface area contributed by atoms with Crippen LogP contribution in [0.1, 0.15) is 29.9 Å². The number of anilines is 1. The molecule has 0 amide bonds. The third kappa shape index (κ3) is 3.21. The van der Waals surface area contributed by atoms with Gasteiger partial charge in [-0.2, -0.15) is 14.7 Å². The zero-order valence-electron chi connectivity index (χ0n) is 15.5. The highest BCUT2D eigenvalue weighted by atomic mass is 16.1. The van der Waals surface area contributed by atoms with E-state index >= 15 is 0 Å². The SMILES string of the molecule is Cc1cc(N2CCC(Cn3nc(C)ccc3=O)CC2)n2nc(C)cc2n1. The van der Waals surface area contributed by atoms with Gasteiger partial charge in [-0.3, -0.25) is 4.79 Å². The number of aryl methyl sites for hydroxylation is 3. The summed E-state index contributed by atoms with van der Waals surface area (Å²) < 4.78 is 3.55. The number of aromatic nitrogens is 5. The molecule has 7 nitrogen and oxygen atoms in total. The monoisotopic (exact) mass is 352 g/mol. The van der Waals surface area contributed by atoms with Crippen LogP contribution in [0.15, 0.2) is 29.1 Å². The lowest BCUT2D eigenvalue weighted by Crippen LogP contribution is -2.37. The fraction of sp³-hybridized carbons (Fsp3) is 0.474. The van der Waals surface area contributed by atoms with Gasteiger partial charge in [-0.25, -0.2) is 9.67 Å². The van der Waals surface area contributed by atoms with Crippen molar-refractivity contribution in [3.63, 3.8) is 0 Å². The number of rotatable bonds is 3. The van der Waals surface area contributed by atoms with E-state index in [0.29, 0.717) is 12.5 Å². The summed E-state index contributed by atoms with van der Waals surface area (Å²) >= 11 is 0. The third-order valence-electron chi connectivity index (χ3n) is 5.03. The molecule has 0 unspecified atom stereocenters. The van der Waals surface area contributed by atoms with Crippen molar-refractivity contribution in [1.82, 2.24) is 24.4 Å². The Morgan fingerprint density at radius 3 is 2.54 bits per heavy atom. The number of nitrogens with zero attached hydrogens (tertiary/aromatic N) is 6. The second-order valence-electron chi connectivity index (χ2n) is 7.24. The van der Waals surface area contributed by atoms with E-state index < -0.39 is 0 Å². The Kier molecular flexibility index (Phi) is 4.22. The summed E-state index contributed by atoms with van der Waals surface area (Å²) in [5.74, 6) is 1.57. The van der Waals surface area contributed by atoms with Crippen molar-refractivity contribution in [2.75, 3.05) is 18.0 Å². The lowest BCUT2D eigenvalue weighted by Gasteiger charge is -2.33. The molecule has 0 bridgehead atoms. The van der Waals surface area contributed by atoms with Crippen molar-refractivity contribution >= 4 is 11.5 Å². The van der Waals surface area contributed by atoms with Crippen molar-refractivity contribution in [2.24, 2.45) is 5.92 Å². The van der Waals surface area contributed by atoms with E-state index in [1.54, 1.807) is 16.8 Å². The van der Waals surface area contributed by atoms with E-state index in [1.807, 2.05) is 31.4 Å². The Bertz CT molecular complexity index is 997. The molecule has 7 heteroatoms. The normalized spacial score (nSPS) is 15.7. The van der Waals surface area contributed by atoms with Crippen LogP contribution in [0.3, 0.4) is 0 Å². The van der Waals surface area contributed by atoms with Crippen molar-refractivity contribution in [3.8, 4) is 0 Å². The fourth-order valence-electron chi connectivity index (χ4n) is 3.69. The Labute approximate surface area is 152 Å². The summed E-state index contributed by atoms with van der Waals surface area (Å²) in [4.78, 5) is 18.9. The van der Waals surface area contributed by atoms with Crippen LogP contribution in [-0.4, -0.2) is 37.5 Å². The predicted molar refractivity (Wildman–Crippen MR) is 101 cm³/mol. The third-order valence-corrected chi connectivity index (χ3v) is 5.03. The van der Waals surface area contributed by atoms with Gasteiger partial charge in [-0.15, -0.1) is 0 Å². The van der Waals surface area contributed by atoms with Crippen LogP contribution in [0, 0.1) is 26.7 Å². The molecule has 0 N–H and O–H groups in total. The van der Waals surface area contributed by atoms with Gasteiger partial charge in [0.05, 0.1) is 11.4 Å². The number of hydrogen-bond acceptors (Lipinski definition) is 5. The van der Waals surface area contributed by atoms with Gasteiger partial charge >= 0.3 is 0 Å². The minimum absolute atomic E-state index is 0.0171. The molecule has 0 aromatic carbocycles. The number of hydrogen-bond donors (Lipinski definition) is 0. The van der Waals surface area contributed by atoms with E-state index in [1.165, 1.54) is 0 Å². The molecule has 3 aromatic rings. The molecule has 1 aliphatic rings. The number of piperidine rings is 1. The maximum absolute atomic E-state index is 12.0. The highest BCUT2D eigenvalue weighted by Gasteiger charge is 2.23. The molecule has 4 heterocycles. The van der Waals surface area contributed by atoms with Crippen LogP contribution in [0.25, 0.3) is 5.65 Å². The molecule has 136 valence electrons. The average Bonchev–Trinajstić information content (AvgIpc) is 2.98. The first-order chi connectivity index (χ1) is 12.5. The smallest absolute Gasteiger partial charge is 0.266 e. The molecule has 1 saturated heterocycles. The van der Waals surface area contributed by atoms with Crippen LogP contribution in [0.5, 0.6) is 0 Å². The molecule has 0 spiro atoms. The first-order valence-electron chi connectivity index (χ1n) is 9.13. The highest BCUT2D eigenvalue weighted by Crippen LogP contribution is 2.25. The van der Waals surface area contributed by atoms with E-state index in [0.717, 1.165) is 54.5 Å². The van der Waals surface area contributed by atoms with E-state index in [9.17, 15) is 4.79 Å². The largest absolute Gasteiger partial charge is 0.356 e. The summed E-state index contributed by atoms with van der Waals surface area (Å²) in [6, 6.07) is 7.49. The molecule has 0 aliphatic carbocycles. The minimum atomic E-state index is -0.0171. The Balaban J connectivity index is 1.50. The summed E-state index contributed by atoms with van der Waals surface area (Å²) in [5, 5.41) is 8.96. The summed E-state index contributed by atoms with van der Waals surface area (Å²) in [5.41, 5.74) is 3.74. The van der Waals surface area contributed by atoms with Crippen LogP contribution in [0.2, 0.25) is 0 Å². The summed E-state index contributed by atoms with van der Waals surface area (Å²) in [6.07, 6.45) is 2.07. The van der Waals surface area contributed by atoms with Gasteiger partial charge in [0, 0.05) is 43.5 Å². The maximum Gasteiger partial charge on any atom is 0.266 e. The van der Waals surface area contributed by atoms with Crippen molar-refractivity contribution in [3.05, 3.63) is 51.7 Å². The van der Waals surface area contributed by atoms with Gasteiger partial charge in [0.1, 0.15) is 5.82 Å². The zero-order chi connectivity index (χ0) is 18.3. The van der Waals surface area contributed by atoms with Crippen LogP contribution < -0.4 is 10.5 Å². The Morgan fingerprint density at radius 2 is 1.77 bits per heavy atom. The van der Waals surface area contributed by atoms with Crippen molar-refractivity contribution in [1.29, 1.82) is 0 Å². The lowest BCUT2D eigenvalue weighted by molar-refractivity contribution is 0.333. The first kappa shape index (κ1) is 16.8. The molecular formula is C19H24N6O. The minimum Gasteiger partial charge on any atom is -0.356 e. The molecule has 1 fully saturated rings.